The van der Waals surface area contributed by atoms with Crippen molar-refractivity contribution in [1.29, 1.82) is 0 Å². The van der Waals surface area contributed by atoms with Crippen LogP contribution in [0.5, 0.6) is 0 Å². The van der Waals surface area contributed by atoms with Crippen molar-refractivity contribution in [1.82, 2.24) is 5.32 Å². The molecule has 0 bridgehead atoms. The number of carbonyl (C=O) groups excluding carboxylic acids is 3. The van der Waals surface area contributed by atoms with Crippen molar-refractivity contribution in [2.75, 3.05) is 29.9 Å². The molecule has 2 aromatic rings. The molecule has 27 heavy (non-hydrogen) atoms. The van der Waals surface area contributed by atoms with E-state index in [0.717, 1.165) is 18.8 Å². The number of anilines is 2. The van der Waals surface area contributed by atoms with E-state index in [1.165, 1.54) is 17.4 Å². The van der Waals surface area contributed by atoms with E-state index in [0.29, 0.717) is 10.6 Å². The summed E-state index contributed by atoms with van der Waals surface area (Å²) in [5, 5.41) is 6.88. The standard InChI is InChI=1S/C19H23N3O4S/c1-4-22(5-2)14-9-7-13(8-10-14)16(23)20-18-15(11-12-27-18)17(24)21-19(25)26-6-3/h7-12H,4-6H2,1-3H3,(H,20,23)(H,21,24,25). The van der Waals surface area contributed by atoms with E-state index in [1.54, 1.807) is 24.4 Å². The molecular weight excluding hydrogens is 366 g/mol. The third kappa shape index (κ3) is 5.30. The molecule has 2 rings (SSSR count). The first-order chi connectivity index (χ1) is 13.0. The minimum absolute atomic E-state index is 0.163. The number of rotatable bonds is 7. The van der Waals surface area contributed by atoms with Gasteiger partial charge in [-0.1, -0.05) is 0 Å². The maximum absolute atomic E-state index is 12.5. The Morgan fingerprint density at radius 3 is 2.26 bits per heavy atom. The summed E-state index contributed by atoms with van der Waals surface area (Å²) < 4.78 is 4.69. The Morgan fingerprint density at radius 2 is 1.67 bits per heavy atom. The molecule has 0 radical (unpaired) electrons. The maximum Gasteiger partial charge on any atom is 0.414 e. The van der Waals surface area contributed by atoms with Gasteiger partial charge in [0.25, 0.3) is 11.8 Å². The Labute approximate surface area is 162 Å². The molecule has 0 atom stereocenters. The van der Waals surface area contributed by atoms with Crippen LogP contribution in [0.4, 0.5) is 15.5 Å². The first-order valence-electron chi connectivity index (χ1n) is 8.72. The van der Waals surface area contributed by atoms with Crippen LogP contribution in [0.3, 0.4) is 0 Å². The zero-order chi connectivity index (χ0) is 19.8. The van der Waals surface area contributed by atoms with E-state index in [2.05, 4.69) is 29.4 Å². The molecule has 0 saturated heterocycles. The highest BCUT2D eigenvalue weighted by Gasteiger charge is 2.18. The largest absolute Gasteiger partial charge is 0.450 e. The minimum atomic E-state index is -0.821. The molecule has 0 spiro atoms. The Bertz CT molecular complexity index is 798. The monoisotopic (exact) mass is 389 g/mol. The fraction of sp³-hybridized carbons (Fsp3) is 0.316. The van der Waals surface area contributed by atoms with E-state index in [1.807, 2.05) is 12.1 Å². The van der Waals surface area contributed by atoms with Gasteiger partial charge in [-0.3, -0.25) is 14.9 Å². The number of hydrogen-bond donors (Lipinski definition) is 2. The summed E-state index contributed by atoms with van der Waals surface area (Å²) in [6.45, 7) is 7.72. The predicted octanol–water partition coefficient (Wildman–Crippen LogP) is 3.73. The lowest BCUT2D eigenvalue weighted by molar-refractivity contribution is 0.0926. The lowest BCUT2D eigenvalue weighted by Crippen LogP contribution is -2.31. The zero-order valence-electron chi connectivity index (χ0n) is 15.6. The minimum Gasteiger partial charge on any atom is -0.450 e. The van der Waals surface area contributed by atoms with E-state index in [4.69, 9.17) is 4.74 Å². The third-order valence-corrected chi connectivity index (χ3v) is 4.72. The van der Waals surface area contributed by atoms with E-state index in [9.17, 15) is 14.4 Å². The van der Waals surface area contributed by atoms with Crippen LogP contribution in [0.1, 0.15) is 41.5 Å². The average molecular weight is 389 g/mol. The number of amides is 3. The number of hydrogen-bond acceptors (Lipinski definition) is 6. The van der Waals surface area contributed by atoms with Gasteiger partial charge in [0.15, 0.2) is 0 Å². The fourth-order valence-electron chi connectivity index (χ4n) is 2.50. The van der Waals surface area contributed by atoms with E-state index >= 15 is 0 Å². The molecule has 0 aliphatic rings. The van der Waals surface area contributed by atoms with Gasteiger partial charge in [-0.15, -0.1) is 11.3 Å². The van der Waals surface area contributed by atoms with Gasteiger partial charge in [0.1, 0.15) is 5.00 Å². The lowest BCUT2D eigenvalue weighted by atomic mass is 10.1. The van der Waals surface area contributed by atoms with Crippen molar-refractivity contribution in [2.24, 2.45) is 0 Å². The van der Waals surface area contributed by atoms with Crippen molar-refractivity contribution in [3.05, 3.63) is 46.8 Å². The maximum atomic E-state index is 12.5. The second kappa shape index (κ2) is 9.72. The number of nitrogens with zero attached hydrogens (tertiary/aromatic N) is 1. The Hall–Kier alpha value is -2.87. The van der Waals surface area contributed by atoms with Crippen LogP contribution in [0.2, 0.25) is 0 Å². The molecule has 8 heteroatoms. The number of thiophene rings is 1. The first kappa shape index (κ1) is 20.4. The zero-order valence-corrected chi connectivity index (χ0v) is 16.4. The molecule has 7 nitrogen and oxygen atoms in total. The van der Waals surface area contributed by atoms with Crippen molar-refractivity contribution < 1.29 is 19.1 Å². The molecule has 1 heterocycles. The van der Waals surface area contributed by atoms with Gasteiger partial charge in [0, 0.05) is 24.3 Å². The van der Waals surface area contributed by atoms with Gasteiger partial charge in [0.2, 0.25) is 0 Å². The quantitative estimate of drug-likeness (QED) is 0.753. The fourth-order valence-corrected chi connectivity index (χ4v) is 3.28. The van der Waals surface area contributed by atoms with Gasteiger partial charge in [-0.05, 0) is 56.5 Å². The van der Waals surface area contributed by atoms with Gasteiger partial charge >= 0.3 is 6.09 Å². The van der Waals surface area contributed by atoms with Crippen LogP contribution in [0.25, 0.3) is 0 Å². The van der Waals surface area contributed by atoms with Crippen LogP contribution in [0, 0.1) is 0 Å². The Morgan fingerprint density at radius 1 is 1.00 bits per heavy atom. The number of imide groups is 1. The van der Waals surface area contributed by atoms with Crippen molar-refractivity contribution in [3.63, 3.8) is 0 Å². The van der Waals surface area contributed by atoms with E-state index in [-0.39, 0.29) is 18.1 Å². The van der Waals surface area contributed by atoms with Gasteiger partial charge in [-0.25, -0.2) is 4.79 Å². The smallest absolute Gasteiger partial charge is 0.414 e. The highest BCUT2D eigenvalue weighted by molar-refractivity contribution is 7.14. The summed E-state index contributed by atoms with van der Waals surface area (Å²) in [6, 6.07) is 8.82. The summed E-state index contributed by atoms with van der Waals surface area (Å²) in [5.41, 5.74) is 1.74. The molecule has 0 fully saturated rings. The molecule has 0 unspecified atom stereocenters. The molecular formula is C19H23N3O4S. The summed E-state index contributed by atoms with van der Waals surface area (Å²) in [7, 11) is 0. The Kier molecular flexibility index (Phi) is 7.36. The van der Waals surface area contributed by atoms with Crippen molar-refractivity contribution >= 4 is 39.9 Å². The Balaban J connectivity index is 2.07. The second-order valence-corrected chi connectivity index (χ2v) is 6.43. The molecule has 1 aromatic heterocycles. The van der Waals surface area contributed by atoms with Crippen molar-refractivity contribution in [2.45, 2.75) is 20.8 Å². The number of alkyl carbamates (subject to hydrolysis) is 1. The highest BCUT2D eigenvalue weighted by Crippen LogP contribution is 2.24. The molecule has 2 N–H and O–H groups in total. The molecule has 144 valence electrons. The van der Waals surface area contributed by atoms with Crippen LogP contribution in [-0.2, 0) is 4.74 Å². The van der Waals surface area contributed by atoms with Crippen molar-refractivity contribution in [3.8, 4) is 0 Å². The molecule has 1 aromatic carbocycles. The predicted molar refractivity (Wildman–Crippen MR) is 107 cm³/mol. The first-order valence-corrected chi connectivity index (χ1v) is 9.60. The lowest BCUT2D eigenvalue weighted by Gasteiger charge is -2.21. The van der Waals surface area contributed by atoms with Gasteiger partial charge in [-0.2, -0.15) is 0 Å². The number of carbonyl (C=O) groups is 3. The van der Waals surface area contributed by atoms with Crippen LogP contribution >= 0.6 is 11.3 Å². The summed E-state index contributed by atoms with van der Waals surface area (Å²) >= 11 is 1.20. The summed E-state index contributed by atoms with van der Waals surface area (Å²) in [4.78, 5) is 38.2. The van der Waals surface area contributed by atoms with E-state index < -0.39 is 12.0 Å². The highest BCUT2D eigenvalue weighted by atomic mass is 32.1. The normalized spacial score (nSPS) is 10.2. The molecule has 0 saturated carbocycles. The molecule has 3 amide bonds. The van der Waals surface area contributed by atoms with Crippen LogP contribution in [0.15, 0.2) is 35.7 Å². The topological polar surface area (TPSA) is 87.7 Å². The van der Waals surface area contributed by atoms with Gasteiger partial charge in [0.05, 0.1) is 12.2 Å². The van der Waals surface area contributed by atoms with Gasteiger partial charge < -0.3 is 15.0 Å². The SMILES string of the molecule is CCOC(=O)NC(=O)c1ccsc1NC(=O)c1ccc(N(CC)CC)cc1. The molecule has 0 aliphatic carbocycles. The second-order valence-electron chi connectivity index (χ2n) is 5.51. The third-order valence-electron chi connectivity index (χ3n) is 3.89. The number of ether oxygens (including phenoxy) is 1. The molecule has 0 aliphatic heterocycles. The van der Waals surface area contributed by atoms with Crippen LogP contribution in [-0.4, -0.2) is 37.6 Å². The average Bonchev–Trinajstić information content (AvgIpc) is 3.11. The number of nitrogens with one attached hydrogen (secondary N) is 2. The summed E-state index contributed by atoms with van der Waals surface area (Å²) in [5.74, 6) is -0.949. The summed E-state index contributed by atoms with van der Waals surface area (Å²) in [6.07, 6.45) is -0.821. The number of benzene rings is 1. The van der Waals surface area contributed by atoms with Crippen LogP contribution < -0.4 is 15.5 Å².